The van der Waals surface area contributed by atoms with Gasteiger partial charge in [0.25, 0.3) is 0 Å². The Balaban J connectivity index is 3.23. The molecule has 1 aromatic rings. The van der Waals surface area contributed by atoms with Gasteiger partial charge in [-0.1, -0.05) is 0 Å². The van der Waals surface area contributed by atoms with Crippen LogP contribution in [0.5, 0.6) is 5.75 Å². The van der Waals surface area contributed by atoms with Gasteiger partial charge in [-0.15, -0.1) is 0 Å². The summed E-state index contributed by atoms with van der Waals surface area (Å²) >= 11 is 0. The molecule has 0 spiro atoms. The molecule has 0 aliphatic carbocycles. The van der Waals surface area contributed by atoms with E-state index in [0.29, 0.717) is 0 Å². The third kappa shape index (κ3) is 4.38. The monoisotopic (exact) mass is 280 g/mol. The quantitative estimate of drug-likeness (QED) is 0.674. The normalized spacial score (nSPS) is 10.8. The molecule has 0 unspecified atom stereocenters. The summed E-state index contributed by atoms with van der Waals surface area (Å²) in [4.78, 5) is 34.0. The number of carbonyl (C=O) groups is 3. The second-order valence-electron chi connectivity index (χ2n) is 5.11. The SMILES string of the molecule is CC(=O)Oc1ccc(C(=O)O)cc1C(=O)OC(C)(C)C. The van der Waals surface area contributed by atoms with E-state index >= 15 is 0 Å². The molecule has 1 N–H and O–H groups in total. The molecule has 0 aliphatic heterocycles. The highest BCUT2D eigenvalue weighted by atomic mass is 16.6. The Bertz CT molecular complexity index is 553. The van der Waals surface area contributed by atoms with Crippen LogP contribution in [-0.4, -0.2) is 28.6 Å². The highest BCUT2D eigenvalue weighted by molar-refractivity contribution is 5.97. The van der Waals surface area contributed by atoms with Gasteiger partial charge in [0.2, 0.25) is 0 Å². The number of aromatic carboxylic acids is 1. The fourth-order valence-corrected chi connectivity index (χ4v) is 1.40. The van der Waals surface area contributed by atoms with E-state index in [4.69, 9.17) is 14.6 Å². The van der Waals surface area contributed by atoms with E-state index in [1.165, 1.54) is 19.1 Å². The Kier molecular flexibility index (Phi) is 4.49. The lowest BCUT2D eigenvalue weighted by atomic mass is 10.1. The third-order valence-electron chi connectivity index (χ3n) is 2.10. The minimum absolute atomic E-state index is 0.0308. The fraction of sp³-hybridized carbons (Fsp3) is 0.357. The highest BCUT2D eigenvalue weighted by Gasteiger charge is 2.23. The number of carbonyl (C=O) groups excluding carboxylic acids is 2. The van der Waals surface area contributed by atoms with Crippen LogP contribution in [0.4, 0.5) is 0 Å². The first-order valence-corrected chi connectivity index (χ1v) is 5.89. The lowest BCUT2D eigenvalue weighted by Gasteiger charge is -2.20. The van der Waals surface area contributed by atoms with E-state index in [-0.39, 0.29) is 16.9 Å². The number of carboxylic acid groups (broad SMARTS) is 1. The molecule has 0 amide bonds. The van der Waals surface area contributed by atoms with E-state index in [1.54, 1.807) is 20.8 Å². The Morgan fingerprint density at radius 1 is 1.15 bits per heavy atom. The van der Waals surface area contributed by atoms with Gasteiger partial charge in [0, 0.05) is 6.92 Å². The molecule has 0 heterocycles. The summed E-state index contributed by atoms with van der Waals surface area (Å²) in [7, 11) is 0. The predicted octanol–water partition coefficient (Wildman–Crippen LogP) is 2.27. The summed E-state index contributed by atoms with van der Waals surface area (Å²) in [6, 6.07) is 3.62. The van der Waals surface area contributed by atoms with Crippen molar-refractivity contribution >= 4 is 17.9 Å². The largest absolute Gasteiger partial charge is 0.478 e. The maximum Gasteiger partial charge on any atom is 0.342 e. The van der Waals surface area contributed by atoms with Gasteiger partial charge in [0.1, 0.15) is 16.9 Å². The first-order valence-electron chi connectivity index (χ1n) is 5.89. The molecule has 0 atom stereocenters. The van der Waals surface area contributed by atoms with E-state index in [9.17, 15) is 14.4 Å². The summed E-state index contributed by atoms with van der Waals surface area (Å²) in [5.74, 6) is -2.59. The van der Waals surface area contributed by atoms with Crippen LogP contribution >= 0.6 is 0 Å². The van der Waals surface area contributed by atoms with Gasteiger partial charge in [-0.2, -0.15) is 0 Å². The molecule has 108 valence electrons. The molecule has 0 fully saturated rings. The van der Waals surface area contributed by atoms with Gasteiger partial charge in [0.05, 0.1) is 5.56 Å². The summed E-state index contributed by atoms with van der Waals surface area (Å²) in [5.41, 5.74) is -0.944. The maximum atomic E-state index is 12.0. The van der Waals surface area contributed by atoms with Crippen LogP contribution in [0.2, 0.25) is 0 Å². The van der Waals surface area contributed by atoms with Crippen LogP contribution in [0, 0.1) is 0 Å². The van der Waals surface area contributed by atoms with Crippen molar-refractivity contribution in [3.63, 3.8) is 0 Å². The molecule has 0 saturated carbocycles. The standard InChI is InChI=1S/C14H16O6/c1-8(15)19-11-6-5-9(12(16)17)7-10(11)13(18)20-14(2,3)4/h5-7H,1-4H3,(H,16,17). The zero-order valence-electron chi connectivity index (χ0n) is 11.7. The van der Waals surface area contributed by atoms with Crippen molar-refractivity contribution in [2.45, 2.75) is 33.3 Å². The van der Waals surface area contributed by atoms with Crippen molar-refractivity contribution in [1.29, 1.82) is 0 Å². The van der Waals surface area contributed by atoms with Crippen molar-refractivity contribution in [2.24, 2.45) is 0 Å². The molecule has 6 nitrogen and oxygen atoms in total. The lowest BCUT2D eigenvalue weighted by Crippen LogP contribution is -2.24. The maximum absolute atomic E-state index is 12.0. The molecule has 0 bridgehead atoms. The molecule has 1 rings (SSSR count). The number of hydrogen-bond donors (Lipinski definition) is 1. The molecule has 6 heteroatoms. The summed E-state index contributed by atoms with van der Waals surface area (Å²) < 4.78 is 10.0. The average molecular weight is 280 g/mol. The molecule has 1 aromatic carbocycles. The minimum Gasteiger partial charge on any atom is -0.478 e. The Hall–Kier alpha value is -2.37. The summed E-state index contributed by atoms with van der Waals surface area (Å²) in [5, 5.41) is 8.94. The Labute approximate surface area is 116 Å². The van der Waals surface area contributed by atoms with E-state index in [2.05, 4.69) is 0 Å². The van der Waals surface area contributed by atoms with Gasteiger partial charge in [-0.05, 0) is 39.0 Å². The lowest BCUT2D eigenvalue weighted by molar-refractivity contribution is -0.131. The van der Waals surface area contributed by atoms with Gasteiger partial charge >= 0.3 is 17.9 Å². The van der Waals surface area contributed by atoms with Crippen LogP contribution in [0.15, 0.2) is 18.2 Å². The average Bonchev–Trinajstić information content (AvgIpc) is 2.25. The summed E-state index contributed by atoms with van der Waals surface area (Å²) in [6.07, 6.45) is 0. The zero-order valence-corrected chi connectivity index (χ0v) is 11.7. The minimum atomic E-state index is -1.19. The molecular weight excluding hydrogens is 264 g/mol. The van der Waals surface area contributed by atoms with Crippen molar-refractivity contribution in [3.8, 4) is 5.75 Å². The van der Waals surface area contributed by atoms with Crippen molar-refractivity contribution in [2.75, 3.05) is 0 Å². The zero-order chi connectivity index (χ0) is 15.5. The topological polar surface area (TPSA) is 89.9 Å². The molecule has 0 saturated heterocycles. The number of rotatable bonds is 3. The number of hydrogen-bond acceptors (Lipinski definition) is 5. The molecule has 0 aliphatic rings. The van der Waals surface area contributed by atoms with Crippen LogP contribution in [0.25, 0.3) is 0 Å². The predicted molar refractivity (Wildman–Crippen MR) is 69.9 cm³/mol. The van der Waals surface area contributed by atoms with E-state index < -0.39 is 23.5 Å². The van der Waals surface area contributed by atoms with Crippen molar-refractivity contribution in [1.82, 2.24) is 0 Å². The van der Waals surface area contributed by atoms with Crippen LogP contribution < -0.4 is 4.74 Å². The second-order valence-corrected chi connectivity index (χ2v) is 5.11. The third-order valence-corrected chi connectivity index (χ3v) is 2.10. The number of esters is 2. The van der Waals surface area contributed by atoms with Crippen LogP contribution in [-0.2, 0) is 9.53 Å². The summed E-state index contributed by atoms with van der Waals surface area (Å²) in [6.45, 7) is 6.22. The van der Waals surface area contributed by atoms with Crippen molar-refractivity contribution in [3.05, 3.63) is 29.3 Å². The Morgan fingerprint density at radius 2 is 1.75 bits per heavy atom. The van der Waals surface area contributed by atoms with Gasteiger partial charge in [-0.25, -0.2) is 9.59 Å². The fourth-order valence-electron chi connectivity index (χ4n) is 1.40. The van der Waals surface area contributed by atoms with E-state index in [0.717, 1.165) is 6.07 Å². The number of benzene rings is 1. The van der Waals surface area contributed by atoms with Gasteiger partial charge < -0.3 is 14.6 Å². The van der Waals surface area contributed by atoms with Gasteiger partial charge in [0.15, 0.2) is 0 Å². The van der Waals surface area contributed by atoms with Crippen LogP contribution in [0.3, 0.4) is 0 Å². The molecule has 0 aromatic heterocycles. The molecule has 0 radical (unpaired) electrons. The first kappa shape index (κ1) is 15.7. The highest BCUT2D eigenvalue weighted by Crippen LogP contribution is 2.23. The van der Waals surface area contributed by atoms with E-state index in [1.807, 2.05) is 0 Å². The number of carboxylic acids is 1. The van der Waals surface area contributed by atoms with Crippen molar-refractivity contribution < 1.29 is 29.0 Å². The number of ether oxygens (including phenoxy) is 2. The molecule has 20 heavy (non-hydrogen) atoms. The smallest absolute Gasteiger partial charge is 0.342 e. The van der Waals surface area contributed by atoms with Gasteiger partial charge in [-0.3, -0.25) is 4.79 Å². The van der Waals surface area contributed by atoms with Crippen LogP contribution in [0.1, 0.15) is 48.4 Å². The Morgan fingerprint density at radius 3 is 2.20 bits per heavy atom. The molecular formula is C14H16O6. The first-order chi connectivity index (χ1) is 9.10. The second kappa shape index (κ2) is 5.73.